The van der Waals surface area contributed by atoms with Gasteiger partial charge in [-0.15, -0.1) is 11.3 Å². The van der Waals surface area contributed by atoms with Crippen LogP contribution < -0.4 is 5.32 Å². The Kier molecular flexibility index (Phi) is 5.11. The highest BCUT2D eigenvalue weighted by atomic mass is 32.1. The van der Waals surface area contributed by atoms with E-state index in [1.54, 1.807) is 11.3 Å². The first kappa shape index (κ1) is 15.0. The molecule has 0 bridgehead atoms. The van der Waals surface area contributed by atoms with Crippen LogP contribution in [0.15, 0.2) is 5.38 Å². The molecule has 0 aliphatic heterocycles. The molecule has 110 valence electrons. The van der Waals surface area contributed by atoms with E-state index in [9.17, 15) is 9.59 Å². The van der Waals surface area contributed by atoms with Crippen LogP contribution in [0.5, 0.6) is 0 Å². The predicted molar refractivity (Wildman–Crippen MR) is 76.7 cm³/mol. The minimum absolute atomic E-state index is 0.0142. The summed E-state index contributed by atoms with van der Waals surface area (Å²) >= 11 is 1.65. The summed E-state index contributed by atoms with van der Waals surface area (Å²) in [7, 11) is 0. The maximum Gasteiger partial charge on any atom is 0.306 e. The SMILES string of the molecule is CCc1nc(CCNC(=O)[C@@H]2CC[C@H](C(=O)O)C2)cs1. The number of hydrogen-bond donors (Lipinski definition) is 2. The second-order valence-electron chi connectivity index (χ2n) is 5.17. The van der Waals surface area contributed by atoms with E-state index in [0.29, 0.717) is 25.8 Å². The first-order valence-corrected chi connectivity index (χ1v) is 7.92. The highest BCUT2D eigenvalue weighted by Crippen LogP contribution is 2.31. The Morgan fingerprint density at radius 1 is 1.45 bits per heavy atom. The fourth-order valence-corrected chi connectivity index (χ4v) is 3.31. The van der Waals surface area contributed by atoms with Gasteiger partial charge in [-0.25, -0.2) is 4.98 Å². The Bertz CT molecular complexity index is 487. The van der Waals surface area contributed by atoms with Gasteiger partial charge in [0.25, 0.3) is 0 Å². The van der Waals surface area contributed by atoms with Gasteiger partial charge in [0, 0.05) is 24.3 Å². The quantitative estimate of drug-likeness (QED) is 0.840. The van der Waals surface area contributed by atoms with Gasteiger partial charge in [0.2, 0.25) is 5.91 Å². The van der Waals surface area contributed by atoms with Crippen molar-refractivity contribution >= 4 is 23.2 Å². The van der Waals surface area contributed by atoms with Crippen molar-refractivity contribution in [2.24, 2.45) is 11.8 Å². The normalized spacial score (nSPS) is 21.9. The van der Waals surface area contributed by atoms with Gasteiger partial charge < -0.3 is 10.4 Å². The molecule has 1 aliphatic rings. The number of nitrogens with one attached hydrogen (secondary N) is 1. The lowest BCUT2D eigenvalue weighted by Crippen LogP contribution is -2.31. The fourth-order valence-electron chi connectivity index (χ4n) is 2.53. The van der Waals surface area contributed by atoms with Crippen molar-refractivity contribution in [3.8, 4) is 0 Å². The van der Waals surface area contributed by atoms with Crippen LogP contribution in [0.1, 0.15) is 36.9 Å². The topological polar surface area (TPSA) is 79.3 Å². The van der Waals surface area contributed by atoms with Crippen LogP contribution in [0.2, 0.25) is 0 Å². The number of carbonyl (C=O) groups is 2. The Morgan fingerprint density at radius 2 is 2.20 bits per heavy atom. The number of carboxylic acids is 1. The summed E-state index contributed by atoms with van der Waals surface area (Å²) in [5.41, 5.74) is 1.02. The van der Waals surface area contributed by atoms with Crippen LogP contribution in [-0.4, -0.2) is 28.5 Å². The number of hydrogen-bond acceptors (Lipinski definition) is 4. The lowest BCUT2D eigenvalue weighted by Gasteiger charge is -2.10. The van der Waals surface area contributed by atoms with E-state index in [1.165, 1.54) is 0 Å². The number of amides is 1. The number of nitrogens with zero attached hydrogens (tertiary/aromatic N) is 1. The number of thiazole rings is 1. The average molecular weight is 296 g/mol. The zero-order valence-corrected chi connectivity index (χ0v) is 12.4. The van der Waals surface area contributed by atoms with Crippen LogP contribution in [0.3, 0.4) is 0 Å². The molecule has 2 N–H and O–H groups in total. The monoisotopic (exact) mass is 296 g/mol. The summed E-state index contributed by atoms with van der Waals surface area (Å²) in [5.74, 6) is -1.29. The molecular weight excluding hydrogens is 276 g/mol. The molecule has 0 unspecified atom stereocenters. The van der Waals surface area contributed by atoms with Gasteiger partial charge in [0.15, 0.2) is 0 Å². The number of rotatable bonds is 6. The molecule has 1 aromatic rings. The summed E-state index contributed by atoms with van der Waals surface area (Å²) in [5, 5.41) is 15.0. The third-order valence-electron chi connectivity index (χ3n) is 3.73. The van der Waals surface area contributed by atoms with E-state index in [1.807, 2.05) is 5.38 Å². The molecule has 1 aromatic heterocycles. The minimum atomic E-state index is -0.783. The molecule has 5 nitrogen and oxygen atoms in total. The molecule has 20 heavy (non-hydrogen) atoms. The van der Waals surface area contributed by atoms with Crippen molar-refractivity contribution in [1.82, 2.24) is 10.3 Å². The van der Waals surface area contributed by atoms with Crippen LogP contribution in [0.25, 0.3) is 0 Å². The zero-order chi connectivity index (χ0) is 14.5. The molecule has 2 rings (SSSR count). The van der Waals surface area contributed by atoms with Crippen molar-refractivity contribution < 1.29 is 14.7 Å². The van der Waals surface area contributed by atoms with Crippen molar-refractivity contribution in [2.75, 3.05) is 6.54 Å². The summed E-state index contributed by atoms with van der Waals surface area (Å²) in [6.45, 7) is 2.64. The van der Waals surface area contributed by atoms with Crippen LogP contribution >= 0.6 is 11.3 Å². The van der Waals surface area contributed by atoms with E-state index in [-0.39, 0.29) is 17.7 Å². The number of carbonyl (C=O) groups excluding carboxylic acids is 1. The fraction of sp³-hybridized carbons (Fsp3) is 0.643. The Hall–Kier alpha value is -1.43. The van der Waals surface area contributed by atoms with Gasteiger partial charge in [-0.2, -0.15) is 0 Å². The van der Waals surface area contributed by atoms with Gasteiger partial charge in [-0.3, -0.25) is 9.59 Å². The van der Waals surface area contributed by atoms with Crippen molar-refractivity contribution in [3.63, 3.8) is 0 Å². The lowest BCUT2D eigenvalue weighted by atomic mass is 10.0. The number of aliphatic carboxylic acids is 1. The van der Waals surface area contributed by atoms with E-state index in [2.05, 4.69) is 17.2 Å². The molecule has 0 aromatic carbocycles. The summed E-state index contributed by atoms with van der Waals surface area (Å²) < 4.78 is 0. The smallest absolute Gasteiger partial charge is 0.306 e. The van der Waals surface area contributed by atoms with E-state index in [0.717, 1.165) is 23.5 Å². The molecule has 1 saturated carbocycles. The molecule has 1 heterocycles. The van der Waals surface area contributed by atoms with Gasteiger partial charge in [-0.05, 0) is 25.7 Å². The molecule has 1 amide bonds. The van der Waals surface area contributed by atoms with Gasteiger partial charge in [0.1, 0.15) is 0 Å². The third kappa shape index (κ3) is 3.79. The first-order valence-electron chi connectivity index (χ1n) is 7.04. The molecule has 2 atom stereocenters. The van der Waals surface area contributed by atoms with Crippen molar-refractivity contribution in [3.05, 3.63) is 16.1 Å². The standard InChI is InChI=1S/C14H20N2O3S/c1-2-12-16-11(8-20-12)5-6-15-13(17)9-3-4-10(7-9)14(18)19/h8-10H,2-7H2,1H3,(H,15,17)(H,18,19)/t9-,10+/m1/s1. The van der Waals surface area contributed by atoms with E-state index >= 15 is 0 Å². The molecular formula is C14H20N2O3S. The molecule has 0 saturated heterocycles. The zero-order valence-electron chi connectivity index (χ0n) is 11.6. The van der Waals surface area contributed by atoms with Gasteiger partial charge in [0.05, 0.1) is 16.6 Å². The van der Waals surface area contributed by atoms with Gasteiger partial charge in [-0.1, -0.05) is 6.92 Å². The van der Waals surface area contributed by atoms with E-state index in [4.69, 9.17) is 5.11 Å². The predicted octanol–water partition coefficient (Wildman–Crippen LogP) is 1.87. The van der Waals surface area contributed by atoms with Gasteiger partial charge >= 0.3 is 5.97 Å². The van der Waals surface area contributed by atoms with Crippen LogP contribution in [-0.2, 0) is 22.4 Å². The van der Waals surface area contributed by atoms with Crippen LogP contribution in [0.4, 0.5) is 0 Å². The molecule has 6 heteroatoms. The largest absolute Gasteiger partial charge is 0.481 e. The lowest BCUT2D eigenvalue weighted by molar-refractivity contribution is -0.141. The highest BCUT2D eigenvalue weighted by molar-refractivity contribution is 7.09. The third-order valence-corrected chi connectivity index (χ3v) is 4.78. The Balaban J connectivity index is 1.71. The maximum atomic E-state index is 11.9. The number of aryl methyl sites for hydroxylation is 1. The highest BCUT2D eigenvalue weighted by Gasteiger charge is 2.33. The average Bonchev–Trinajstić information content (AvgIpc) is 3.07. The second-order valence-corrected chi connectivity index (χ2v) is 6.11. The number of carboxylic acid groups (broad SMARTS) is 1. The molecule has 0 radical (unpaired) electrons. The minimum Gasteiger partial charge on any atom is -0.481 e. The molecule has 0 spiro atoms. The Morgan fingerprint density at radius 3 is 2.80 bits per heavy atom. The number of aromatic nitrogens is 1. The summed E-state index contributed by atoms with van der Waals surface area (Å²) in [4.78, 5) is 27.3. The second kappa shape index (κ2) is 6.83. The summed E-state index contributed by atoms with van der Waals surface area (Å²) in [6.07, 6.45) is 3.43. The summed E-state index contributed by atoms with van der Waals surface area (Å²) in [6, 6.07) is 0. The van der Waals surface area contributed by atoms with Crippen LogP contribution in [0, 0.1) is 11.8 Å². The molecule has 1 aliphatic carbocycles. The first-order chi connectivity index (χ1) is 9.60. The van der Waals surface area contributed by atoms with Crippen molar-refractivity contribution in [2.45, 2.75) is 39.0 Å². The Labute approximate surface area is 122 Å². The van der Waals surface area contributed by atoms with E-state index < -0.39 is 5.97 Å². The molecule has 1 fully saturated rings. The maximum absolute atomic E-state index is 11.9. The van der Waals surface area contributed by atoms with Crippen molar-refractivity contribution in [1.29, 1.82) is 0 Å².